The van der Waals surface area contributed by atoms with Crippen LogP contribution in [0, 0.1) is 12.7 Å². The summed E-state index contributed by atoms with van der Waals surface area (Å²) in [5.74, 6) is -1.61. The second kappa shape index (κ2) is 9.30. The van der Waals surface area contributed by atoms with Crippen molar-refractivity contribution in [2.45, 2.75) is 11.8 Å². The molecule has 0 aromatic heterocycles. The van der Waals surface area contributed by atoms with E-state index in [0.717, 1.165) is 11.3 Å². The molecule has 0 unspecified atom stereocenters. The third-order valence-corrected chi connectivity index (χ3v) is 6.82. The first-order chi connectivity index (χ1) is 16.6. The van der Waals surface area contributed by atoms with Gasteiger partial charge in [0.15, 0.2) is 11.5 Å². The third-order valence-electron chi connectivity index (χ3n) is 5.51. The number of amidine groups is 1. The SMILES string of the molecule is Cc1cc(N(C)C)ccc1N=C(C(=O)Nc1ccccc1F)C1=NS(=O)(=O)c2ccccc2N1C. The first-order valence-electron chi connectivity index (χ1n) is 10.7. The molecule has 0 saturated heterocycles. The zero-order valence-corrected chi connectivity index (χ0v) is 20.5. The van der Waals surface area contributed by atoms with E-state index in [0.29, 0.717) is 11.4 Å². The van der Waals surface area contributed by atoms with Crippen LogP contribution in [-0.2, 0) is 14.8 Å². The smallest absolute Gasteiger partial charge is 0.286 e. The zero-order valence-electron chi connectivity index (χ0n) is 19.7. The van der Waals surface area contributed by atoms with Crippen LogP contribution in [0.1, 0.15) is 5.56 Å². The molecule has 35 heavy (non-hydrogen) atoms. The molecule has 3 aromatic rings. The number of carbonyl (C=O) groups excluding carboxylic acids is 1. The molecular formula is C25H24FN5O3S. The summed E-state index contributed by atoms with van der Waals surface area (Å²) in [5.41, 5.74) is 2.16. The van der Waals surface area contributed by atoms with Crippen LogP contribution in [0.4, 0.5) is 27.1 Å². The molecule has 0 radical (unpaired) electrons. The van der Waals surface area contributed by atoms with E-state index < -0.39 is 21.7 Å². The lowest BCUT2D eigenvalue weighted by Gasteiger charge is -2.27. The van der Waals surface area contributed by atoms with Crippen molar-refractivity contribution in [2.24, 2.45) is 9.39 Å². The van der Waals surface area contributed by atoms with E-state index >= 15 is 0 Å². The summed E-state index contributed by atoms with van der Waals surface area (Å²) in [5, 5.41) is 2.49. The number of anilines is 3. The Bertz CT molecular complexity index is 1480. The Kier molecular flexibility index (Phi) is 6.40. The first-order valence-corrected chi connectivity index (χ1v) is 12.1. The van der Waals surface area contributed by atoms with E-state index in [1.807, 2.05) is 38.1 Å². The quantitative estimate of drug-likeness (QED) is 0.539. The van der Waals surface area contributed by atoms with Crippen LogP contribution in [0.5, 0.6) is 0 Å². The number of fused-ring (bicyclic) bond motifs is 1. The Hall–Kier alpha value is -4.05. The highest BCUT2D eigenvalue weighted by Gasteiger charge is 2.34. The lowest BCUT2D eigenvalue weighted by atomic mass is 10.1. The minimum atomic E-state index is -4.10. The van der Waals surface area contributed by atoms with Gasteiger partial charge in [-0.1, -0.05) is 24.3 Å². The van der Waals surface area contributed by atoms with Gasteiger partial charge >= 0.3 is 0 Å². The van der Waals surface area contributed by atoms with Crippen LogP contribution in [0.15, 0.2) is 81.0 Å². The van der Waals surface area contributed by atoms with Gasteiger partial charge in [0.1, 0.15) is 10.7 Å². The predicted molar refractivity (Wildman–Crippen MR) is 137 cm³/mol. The molecule has 4 rings (SSSR count). The number of aryl methyl sites for hydroxylation is 1. The van der Waals surface area contributed by atoms with Gasteiger partial charge < -0.3 is 15.1 Å². The summed E-state index contributed by atoms with van der Waals surface area (Å²) in [6.45, 7) is 1.83. The number of nitrogens with zero attached hydrogens (tertiary/aromatic N) is 4. The van der Waals surface area contributed by atoms with Gasteiger partial charge in [0.25, 0.3) is 15.9 Å². The second-order valence-electron chi connectivity index (χ2n) is 8.18. The van der Waals surface area contributed by atoms with Crippen molar-refractivity contribution in [3.8, 4) is 0 Å². The number of amides is 1. The highest BCUT2D eigenvalue weighted by atomic mass is 32.2. The number of para-hydroxylation sites is 2. The molecule has 0 bridgehead atoms. The maximum Gasteiger partial charge on any atom is 0.286 e. The number of benzene rings is 3. The molecule has 1 aliphatic rings. The molecule has 0 atom stereocenters. The predicted octanol–water partition coefficient (Wildman–Crippen LogP) is 4.15. The van der Waals surface area contributed by atoms with Crippen molar-refractivity contribution in [3.05, 3.63) is 78.1 Å². The number of halogens is 1. The maximum absolute atomic E-state index is 14.3. The van der Waals surface area contributed by atoms with Gasteiger partial charge in [0, 0.05) is 26.8 Å². The van der Waals surface area contributed by atoms with Crippen LogP contribution in [0.2, 0.25) is 0 Å². The Morgan fingerprint density at radius 2 is 1.74 bits per heavy atom. The van der Waals surface area contributed by atoms with Crippen LogP contribution < -0.4 is 15.1 Å². The molecule has 10 heteroatoms. The van der Waals surface area contributed by atoms with E-state index in [4.69, 9.17) is 0 Å². The molecule has 0 spiro atoms. The van der Waals surface area contributed by atoms with E-state index in [1.54, 1.807) is 37.4 Å². The summed E-state index contributed by atoms with van der Waals surface area (Å²) >= 11 is 0. The van der Waals surface area contributed by atoms with Gasteiger partial charge in [0.2, 0.25) is 0 Å². The molecular weight excluding hydrogens is 469 g/mol. The Labute approximate surface area is 203 Å². The minimum Gasteiger partial charge on any atom is -0.378 e. The van der Waals surface area contributed by atoms with Gasteiger partial charge in [-0.2, -0.15) is 8.42 Å². The van der Waals surface area contributed by atoms with Gasteiger partial charge in [-0.3, -0.25) is 4.79 Å². The molecule has 3 aromatic carbocycles. The Balaban J connectivity index is 1.87. The van der Waals surface area contributed by atoms with Crippen molar-refractivity contribution < 1.29 is 17.6 Å². The number of hydrogen-bond acceptors (Lipinski definition) is 6. The first kappa shape index (κ1) is 24.1. The van der Waals surface area contributed by atoms with Gasteiger partial charge in [0.05, 0.1) is 17.1 Å². The molecule has 8 nitrogen and oxygen atoms in total. The van der Waals surface area contributed by atoms with Crippen molar-refractivity contribution in [1.82, 2.24) is 0 Å². The normalized spacial score (nSPS) is 14.7. The zero-order chi connectivity index (χ0) is 25.3. The molecule has 1 aliphatic heterocycles. The summed E-state index contributed by atoms with van der Waals surface area (Å²) in [4.78, 5) is 21.4. The van der Waals surface area contributed by atoms with Gasteiger partial charge in [-0.15, -0.1) is 4.40 Å². The number of aliphatic imine (C=N–C) groups is 1. The summed E-state index contributed by atoms with van der Waals surface area (Å²) in [6.07, 6.45) is 0. The fourth-order valence-corrected chi connectivity index (χ4v) is 4.86. The minimum absolute atomic E-state index is 0.0200. The maximum atomic E-state index is 14.3. The summed E-state index contributed by atoms with van der Waals surface area (Å²) in [7, 11) is 1.30. The number of hydrogen-bond donors (Lipinski definition) is 1. The van der Waals surface area contributed by atoms with E-state index in [9.17, 15) is 17.6 Å². The van der Waals surface area contributed by atoms with E-state index in [2.05, 4.69) is 14.7 Å². The number of sulfonamides is 1. The second-order valence-corrected chi connectivity index (χ2v) is 9.75. The average Bonchev–Trinajstić information content (AvgIpc) is 2.82. The summed E-state index contributed by atoms with van der Waals surface area (Å²) in [6, 6.07) is 17.5. The van der Waals surface area contributed by atoms with Crippen LogP contribution >= 0.6 is 0 Å². The van der Waals surface area contributed by atoms with Crippen molar-refractivity contribution >= 4 is 50.2 Å². The van der Waals surface area contributed by atoms with Crippen molar-refractivity contribution in [1.29, 1.82) is 0 Å². The fraction of sp³-hybridized carbons (Fsp3) is 0.160. The van der Waals surface area contributed by atoms with E-state index in [-0.39, 0.29) is 22.1 Å². The molecule has 0 aliphatic carbocycles. The summed E-state index contributed by atoms with van der Waals surface area (Å²) < 4.78 is 44.1. The van der Waals surface area contributed by atoms with Crippen LogP contribution in [0.3, 0.4) is 0 Å². The Morgan fingerprint density at radius 3 is 2.43 bits per heavy atom. The van der Waals surface area contributed by atoms with Crippen molar-refractivity contribution in [2.75, 3.05) is 36.3 Å². The highest BCUT2D eigenvalue weighted by Crippen LogP contribution is 2.32. The lowest BCUT2D eigenvalue weighted by Crippen LogP contribution is -2.43. The molecule has 1 amide bonds. The molecule has 180 valence electrons. The highest BCUT2D eigenvalue weighted by molar-refractivity contribution is 7.90. The molecule has 1 heterocycles. The average molecular weight is 494 g/mol. The fourth-order valence-electron chi connectivity index (χ4n) is 3.60. The van der Waals surface area contributed by atoms with Crippen LogP contribution in [-0.4, -0.2) is 47.0 Å². The van der Waals surface area contributed by atoms with E-state index in [1.165, 1.54) is 29.2 Å². The number of carbonyl (C=O) groups is 1. The molecule has 1 N–H and O–H groups in total. The van der Waals surface area contributed by atoms with Gasteiger partial charge in [-0.05, 0) is 55.0 Å². The monoisotopic (exact) mass is 493 g/mol. The lowest BCUT2D eigenvalue weighted by molar-refractivity contribution is -0.110. The largest absolute Gasteiger partial charge is 0.378 e. The molecule has 0 saturated carbocycles. The van der Waals surface area contributed by atoms with Gasteiger partial charge in [-0.25, -0.2) is 9.38 Å². The third kappa shape index (κ3) is 4.78. The van der Waals surface area contributed by atoms with Crippen molar-refractivity contribution in [3.63, 3.8) is 0 Å². The standard InChI is InChI=1S/C25H24FN5O3S/c1-16-15-17(30(2)3)13-14-19(16)27-23(25(32)28-20-10-6-5-9-18(20)26)24-29-35(33,34)22-12-8-7-11-21(22)31(24)4/h5-15H,1-4H3,(H,28,32). The Morgan fingerprint density at radius 1 is 1.06 bits per heavy atom. The number of rotatable bonds is 5. The number of nitrogens with one attached hydrogen (secondary N) is 1. The molecule has 0 fully saturated rings. The topological polar surface area (TPSA) is 94.4 Å². The van der Waals surface area contributed by atoms with Crippen LogP contribution in [0.25, 0.3) is 0 Å².